The molecule has 0 spiro atoms. The van der Waals surface area contributed by atoms with Gasteiger partial charge in [-0.1, -0.05) is 0 Å². The molecule has 0 aromatic carbocycles. The lowest BCUT2D eigenvalue weighted by Crippen LogP contribution is -2.45. The highest BCUT2D eigenvalue weighted by atomic mass is 16.5. The summed E-state index contributed by atoms with van der Waals surface area (Å²) in [5.41, 5.74) is -0.686. The molecule has 1 saturated heterocycles. The lowest BCUT2D eigenvalue weighted by atomic mass is 10.00. The zero-order valence-corrected chi connectivity index (χ0v) is 6.76. The Labute approximate surface area is 65.5 Å². The smallest absolute Gasteiger partial charge is 0.325 e. The Morgan fingerprint density at radius 3 is 2.82 bits per heavy atom. The minimum atomic E-state index is -0.686. The van der Waals surface area contributed by atoms with Gasteiger partial charge in [-0.3, -0.25) is 10.1 Å². The average Bonchev–Trinajstić information content (AvgIpc) is 2.31. The molecular formula is C7H13NO3. The van der Waals surface area contributed by atoms with Crippen LogP contribution in [0.4, 0.5) is 0 Å². The highest BCUT2D eigenvalue weighted by molar-refractivity contribution is 5.80. The SMILES string of the molecule is COC(=O)C1(C)CC(O)CN1. The molecule has 1 aliphatic heterocycles. The summed E-state index contributed by atoms with van der Waals surface area (Å²) in [6, 6.07) is 0. The third-order valence-electron chi connectivity index (χ3n) is 2.01. The molecule has 4 heteroatoms. The van der Waals surface area contributed by atoms with E-state index < -0.39 is 11.6 Å². The van der Waals surface area contributed by atoms with Crippen LogP contribution in [0.1, 0.15) is 13.3 Å². The van der Waals surface area contributed by atoms with E-state index in [-0.39, 0.29) is 5.97 Å². The Bertz CT molecular complexity index is 171. The molecule has 2 N–H and O–H groups in total. The van der Waals surface area contributed by atoms with Crippen LogP contribution in [0.15, 0.2) is 0 Å². The standard InChI is InChI=1S/C7H13NO3/c1-7(6(10)11-2)3-5(9)4-8-7/h5,8-9H,3-4H2,1-2H3. The van der Waals surface area contributed by atoms with E-state index in [4.69, 9.17) is 5.11 Å². The van der Waals surface area contributed by atoms with E-state index in [2.05, 4.69) is 10.1 Å². The predicted octanol–water partition coefficient (Wildman–Crippen LogP) is -0.728. The summed E-state index contributed by atoms with van der Waals surface area (Å²) in [4.78, 5) is 11.1. The van der Waals surface area contributed by atoms with Crippen LogP contribution in [-0.2, 0) is 9.53 Å². The molecular weight excluding hydrogens is 146 g/mol. The number of hydrogen-bond donors (Lipinski definition) is 2. The number of aliphatic hydroxyl groups excluding tert-OH is 1. The van der Waals surface area contributed by atoms with Gasteiger partial charge in [0.2, 0.25) is 0 Å². The number of carbonyl (C=O) groups is 1. The molecule has 1 aliphatic rings. The second-order valence-corrected chi connectivity index (χ2v) is 3.06. The van der Waals surface area contributed by atoms with Crippen molar-refractivity contribution in [3.8, 4) is 0 Å². The quantitative estimate of drug-likeness (QED) is 0.495. The summed E-state index contributed by atoms with van der Waals surface area (Å²) in [6.07, 6.45) is -0.00116. The molecule has 2 unspecified atom stereocenters. The number of carbonyl (C=O) groups excluding carboxylic acids is 1. The molecule has 64 valence electrons. The number of β-amino-alcohol motifs (C(OH)–C–C–N with tert-alkyl or cyclic N) is 1. The van der Waals surface area contributed by atoms with Crippen LogP contribution in [0.5, 0.6) is 0 Å². The van der Waals surface area contributed by atoms with E-state index >= 15 is 0 Å². The molecule has 1 fully saturated rings. The van der Waals surface area contributed by atoms with Crippen molar-refractivity contribution in [2.45, 2.75) is 25.0 Å². The molecule has 1 rings (SSSR count). The summed E-state index contributed by atoms with van der Waals surface area (Å²) >= 11 is 0. The van der Waals surface area contributed by atoms with Crippen molar-refractivity contribution in [2.75, 3.05) is 13.7 Å². The average molecular weight is 159 g/mol. The van der Waals surface area contributed by atoms with E-state index in [1.54, 1.807) is 6.92 Å². The Kier molecular flexibility index (Phi) is 2.15. The first-order chi connectivity index (χ1) is 5.08. The van der Waals surface area contributed by atoms with E-state index in [1.165, 1.54) is 7.11 Å². The number of esters is 1. The van der Waals surface area contributed by atoms with Crippen LogP contribution in [0.25, 0.3) is 0 Å². The van der Waals surface area contributed by atoms with E-state index in [0.29, 0.717) is 13.0 Å². The Balaban J connectivity index is 2.61. The van der Waals surface area contributed by atoms with Crippen LogP contribution in [0.2, 0.25) is 0 Å². The van der Waals surface area contributed by atoms with Gasteiger partial charge in [0.1, 0.15) is 5.54 Å². The highest BCUT2D eigenvalue weighted by Gasteiger charge is 2.41. The van der Waals surface area contributed by atoms with Gasteiger partial charge in [0, 0.05) is 13.0 Å². The van der Waals surface area contributed by atoms with Crippen LogP contribution in [-0.4, -0.2) is 36.4 Å². The summed E-state index contributed by atoms with van der Waals surface area (Å²) in [5, 5.41) is 12.0. The highest BCUT2D eigenvalue weighted by Crippen LogP contribution is 2.19. The molecule has 0 aliphatic carbocycles. The molecule has 1 heterocycles. The maximum Gasteiger partial charge on any atom is 0.325 e. The lowest BCUT2D eigenvalue weighted by molar-refractivity contribution is -0.147. The Morgan fingerprint density at radius 1 is 1.82 bits per heavy atom. The van der Waals surface area contributed by atoms with Crippen molar-refractivity contribution in [2.24, 2.45) is 0 Å². The van der Waals surface area contributed by atoms with Crippen molar-refractivity contribution in [3.63, 3.8) is 0 Å². The van der Waals surface area contributed by atoms with Crippen molar-refractivity contribution >= 4 is 5.97 Å². The largest absolute Gasteiger partial charge is 0.468 e. The monoisotopic (exact) mass is 159 g/mol. The fourth-order valence-corrected chi connectivity index (χ4v) is 1.34. The number of ether oxygens (including phenoxy) is 1. The summed E-state index contributed by atoms with van der Waals surface area (Å²) < 4.78 is 4.57. The van der Waals surface area contributed by atoms with Gasteiger partial charge in [0.25, 0.3) is 0 Å². The lowest BCUT2D eigenvalue weighted by Gasteiger charge is -2.19. The second-order valence-electron chi connectivity index (χ2n) is 3.06. The van der Waals surface area contributed by atoms with E-state index in [1.807, 2.05) is 0 Å². The summed E-state index contributed by atoms with van der Waals surface area (Å²) in [5.74, 6) is -0.311. The molecule has 0 aromatic rings. The predicted molar refractivity (Wildman–Crippen MR) is 39.0 cm³/mol. The number of rotatable bonds is 1. The van der Waals surface area contributed by atoms with Crippen molar-refractivity contribution < 1.29 is 14.6 Å². The zero-order chi connectivity index (χ0) is 8.48. The van der Waals surface area contributed by atoms with Gasteiger partial charge in [-0.05, 0) is 6.92 Å². The Hall–Kier alpha value is -0.610. The third kappa shape index (κ3) is 1.52. The van der Waals surface area contributed by atoms with Crippen molar-refractivity contribution in [1.82, 2.24) is 5.32 Å². The number of aliphatic hydroxyl groups is 1. The van der Waals surface area contributed by atoms with Crippen LogP contribution in [0.3, 0.4) is 0 Å². The fourth-order valence-electron chi connectivity index (χ4n) is 1.34. The molecule has 4 nitrogen and oxygen atoms in total. The minimum absolute atomic E-state index is 0.311. The Morgan fingerprint density at radius 2 is 2.45 bits per heavy atom. The van der Waals surface area contributed by atoms with Gasteiger partial charge in [0.15, 0.2) is 0 Å². The molecule has 2 atom stereocenters. The molecule has 0 aromatic heterocycles. The van der Waals surface area contributed by atoms with Gasteiger partial charge in [0.05, 0.1) is 13.2 Å². The maximum absolute atomic E-state index is 11.1. The first-order valence-electron chi connectivity index (χ1n) is 3.60. The number of hydrogen-bond acceptors (Lipinski definition) is 4. The third-order valence-corrected chi connectivity index (χ3v) is 2.01. The maximum atomic E-state index is 11.1. The van der Waals surface area contributed by atoms with Gasteiger partial charge < -0.3 is 9.84 Å². The number of methoxy groups -OCH3 is 1. The zero-order valence-electron chi connectivity index (χ0n) is 6.76. The number of nitrogens with one attached hydrogen (secondary N) is 1. The van der Waals surface area contributed by atoms with Crippen LogP contribution >= 0.6 is 0 Å². The van der Waals surface area contributed by atoms with Crippen LogP contribution < -0.4 is 5.32 Å². The molecule has 0 amide bonds. The van der Waals surface area contributed by atoms with Gasteiger partial charge >= 0.3 is 5.97 Å². The van der Waals surface area contributed by atoms with E-state index in [9.17, 15) is 4.79 Å². The molecule has 11 heavy (non-hydrogen) atoms. The summed E-state index contributed by atoms with van der Waals surface area (Å²) in [6.45, 7) is 2.20. The molecule has 0 bridgehead atoms. The van der Waals surface area contributed by atoms with Gasteiger partial charge in [-0.25, -0.2) is 0 Å². The van der Waals surface area contributed by atoms with Crippen molar-refractivity contribution in [1.29, 1.82) is 0 Å². The minimum Gasteiger partial charge on any atom is -0.468 e. The normalized spacial score (nSPS) is 37.2. The fraction of sp³-hybridized carbons (Fsp3) is 0.857. The van der Waals surface area contributed by atoms with Gasteiger partial charge in [-0.15, -0.1) is 0 Å². The van der Waals surface area contributed by atoms with Crippen LogP contribution in [0, 0.1) is 0 Å². The summed E-state index contributed by atoms with van der Waals surface area (Å²) in [7, 11) is 1.35. The first kappa shape index (κ1) is 8.49. The topological polar surface area (TPSA) is 58.6 Å². The molecule has 0 saturated carbocycles. The first-order valence-corrected chi connectivity index (χ1v) is 3.60. The second kappa shape index (κ2) is 2.79. The van der Waals surface area contributed by atoms with Crippen molar-refractivity contribution in [3.05, 3.63) is 0 Å². The van der Waals surface area contributed by atoms with Gasteiger partial charge in [-0.2, -0.15) is 0 Å². The molecule has 0 radical (unpaired) electrons. The van der Waals surface area contributed by atoms with E-state index in [0.717, 1.165) is 0 Å².